The normalized spacial score (nSPS) is 20.5. The molecule has 0 radical (unpaired) electrons. The van der Waals surface area contributed by atoms with Gasteiger partial charge in [-0.25, -0.2) is 0 Å². The molecule has 0 spiro atoms. The zero-order valence-electron chi connectivity index (χ0n) is 16.8. The predicted molar refractivity (Wildman–Crippen MR) is 109 cm³/mol. The number of nitrogens with zero attached hydrogens (tertiary/aromatic N) is 3. The van der Waals surface area contributed by atoms with E-state index < -0.39 is 0 Å². The van der Waals surface area contributed by atoms with Gasteiger partial charge in [0.05, 0.1) is 19.8 Å². The summed E-state index contributed by atoms with van der Waals surface area (Å²) in [6, 6.07) is 10.2. The smallest absolute Gasteiger partial charge is 0.251 e. The van der Waals surface area contributed by atoms with Crippen LogP contribution in [0.5, 0.6) is 0 Å². The Morgan fingerprint density at radius 1 is 1.21 bits per heavy atom. The van der Waals surface area contributed by atoms with Gasteiger partial charge in [0, 0.05) is 39.3 Å². The van der Waals surface area contributed by atoms with Crippen molar-refractivity contribution in [3.63, 3.8) is 0 Å². The lowest BCUT2D eigenvalue weighted by molar-refractivity contribution is -0.142. The third-order valence-electron chi connectivity index (χ3n) is 5.04. The maximum absolute atomic E-state index is 12.5. The molecule has 0 aliphatic carbocycles. The molecule has 28 heavy (non-hydrogen) atoms. The Morgan fingerprint density at radius 3 is 2.64 bits per heavy atom. The molecule has 1 atom stereocenters. The third kappa shape index (κ3) is 5.94. The highest BCUT2D eigenvalue weighted by Gasteiger charge is 2.30. The molecule has 1 amide bonds. The van der Waals surface area contributed by atoms with Gasteiger partial charge in [-0.1, -0.05) is 30.3 Å². The minimum Gasteiger partial charge on any atom is -0.375 e. The molecule has 2 fully saturated rings. The highest BCUT2D eigenvalue weighted by atomic mass is 16.5. The number of aliphatic imine (C=N–C) groups is 1. The molecule has 2 saturated heterocycles. The van der Waals surface area contributed by atoms with Crippen LogP contribution in [-0.4, -0.2) is 80.3 Å². The zero-order valence-corrected chi connectivity index (χ0v) is 16.8. The van der Waals surface area contributed by atoms with Gasteiger partial charge in [-0.2, -0.15) is 0 Å². The molecule has 1 aromatic carbocycles. The molecule has 2 aliphatic rings. The molecule has 0 saturated carbocycles. The summed E-state index contributed by atoms with van der Waals surface area (Å²) < 4.78 is 11.3. The molecule has 154 valence electrons. The van der Waals surface area contributed by atoms with Crippen LogP contribution in [0.3, 0.4) is 0 Å². The van der Waals surface area contributed by atoms with E-state index in [1.165, 1.54) is 5.56 Å². The second-order valence-corrected chi connectivity index (χ2v) is 7.09. The van der Waals surface area contributed by atoms with E-state index in [4.69, 9.17) is 14.5 Å². The number of benzene rings is 1. The molecule has 2 aliphatic heterocycles. The number of piperazine rings is 1. The average Bonchev–Trinajstić information content (AvgIpc) is 3.28. The van der Waals surface area contributed by atoms with E-state index in [1.807, 2.05) is 23.1 Å². The first kappa shape index (κ1) is 20.6. The molecule has 1 N–H and O–H groups in total. The van der Waals surface area contributed by atoms with E-state index >= 15 is 0 Å². The van der Waals surface area contributed by atoms with Crippen molar-refractivity contribution in [2.75, 3.05) is 52.5 Å². The fraction of sp³-hybridized carbons (Fsp3) is 0.619. The first-order valence-corrected chi connectivity index (χ1v) is 10.3. The number of carbonyl (C=O) groups is 1. The highest BCUT2D eigenvalue weighted by molar-refractivity contribution is 5.82. The standard InChI is InChI=1S/C21H32N4O3/c1-2-22-21(23-10-16-27-17-18-7-4-3-5-8-18)25-13-11-24(12-14-25)20(26)19-9-6-15-28-19/h3-5,7-8,19H,2,6,9-17H2,1H3,(H,22,23). The van der Waals surface area contributed by atoms with Crippen LogP contribution >= 0.6 is 0 Å². The van der Waals surface area contributed by atoms with Crippen LogP contribution in [-0.2, 0) is 20.9 Å². The number of hydrogen-bond donors (Lipinski definition) is 1. The molecule has 3 rings (SSSR count). The minimum atomic E-state index is -0.227. The Hall–Kier alpha value is -2.12. The monoisotopic (exact) mass is 388 g/mol. The van der Waals surface area contributed by atoms with Gasteiger partial charge in [-0.3, -0.25) is 9.79 Å². The summed E-state index contributed by atoms with van der Waals surface area (Å²) in [6.07, 6.45) is 1.61. The van der Waals surface area contributed by atoms with Gasteiger partial charge in [0.2, 0.25) is 0 Å². The lowest BCUT2D eigenvalue weighted by Crippen LogP contribution is -2.55. The minimum absolute atomic E-state index is 0.147. The van der Waals surface area contributed by atoms with Gasteiger partial charge >= 0.3 is 0 Å². The Labute approximate surface area is 167 Å². The quantitative estimate of drug-likeness (QED) is 0.436. The van der Waals surface area contributed by atoms with Crippen LogP contribution in [0.1, 0.15) is 25.3 Å². The number of amides is 1. The number of rotatable bonds is 7. The van der Waals surface area contributed by atoms with E-state index in [0.717, 1.165) is 38.4 Å². The maximum Gasteiger partial charge on any atom is 0.251 e. The van der Waals surface area contributed by atoms with Crippen LogP contribution in [0.15, 0.2) is 35.3 Å². The molecular formula is C21H32N4O3. The van der Waals surface area contributed by atoms with Crippen molar-refractivity contribution < 1.29 is 14.3 Å². The number of ether oxygens (including phenoxy) is 2. The summed E-state index contributed by atoms with van der Waals surface area (Å²) in [5.41, 5.74) is 1.17. The van der Waals surface area contributed by atoms with Crippen molar-refractivity contribution in [3.05, 3.63) is 35.9 Å². The topological polar surface area (TPSA) is 66.4 Å². The summed E-state index contributed by atoms with van der Waals surface area (Å²) in [4.78, 5) is 21.3. The fourth-order valence-corrected chi connectivity index (χ4v) is 3.52. The molecule has 1 aromatic rings. The van der Waals surface area contributed by atoms with E-state index in [1.54, 1.807) is 0 Å². The van der Waals surface area contributed by atoms with Crippen molar-refractivity contribution in [2.45, 2.75) is 32.5 Å². The lowest BCUT2D eigenvalue weighted by atomic mass is 10.2. The summed E-state index contributed by atoms with van der Waals surface area (Å²) in [7, 11) is 0. The second-order valence-electron chi connectivity index (χ2n) is 7.09. The highest BCUT2D eigenvalue weighted by Crippen LogP contribution is 2.16. The van der Waals surface area contributed by atoms with Crippen LogP contribution in [0, 0.1) is 0 Å². The Bertz CT molecular complexity index is 624. The van der Waals surface area contributed by atoms with E-state index in [2.05, 4.69) is 29.3 Å². The van der Waals surface area contributed by atoms with Crippen molar-refractivity contribution in [1.82, 2.24) is 15.1 Å². The SMILES string of the molecule is CCNC(=NCCOCc1ccccc1)N1CCN(C(=O)C2CCCO2)CC1. The number of nitrogens with one attached hydrogen (secondary N) is 1. The largest absolute Gasteiger partial charge is 0.375 e. The van der Waals surface area contributed by atoms with Crippen molar-refractivity contribution in [2.24, 2.45) is 4.99 Å². The molecular weight excluding hydrogens is 356 g/mol. The number of carbonyl (C=O) groups excluding carboxylic acids is 1. The van der Waals surface area contributed by atoms with E-state index in [9.17, 15) is 4.79 Å². The summed E-state index contributed by atoms with van der Waals surface area (Å²) in [5, 5.41) is 3.35. The summed E-state index contributed by atoms with van der Waals surface area (Å²) in [5.74, 6) is 1.04. The fourth-order valence-electron chi connectivity index (χ4n) is 3.52. The molecule has 1 unspecified atom stereocenters. The number of hydrogen-bond acceptors (Lipinski definition) is 4. The second kappa shape index (κ2) is 11.0. The maximum atomic E-state index is 12.5. The predicted octanol–water partition coefficient (Wildman–Crippen LogP) is 1.49. The average molecular weight is 389 g/mol. The molecule has 7 heteroatoms. The van der Waals surface area contributed by atoms with Gasteiger partial charge in [-0.15, -0.1) is 0 Å². The third-order valence-corrected chi connectivity index (χ3v) is 5.04. The molecule has 0 aromatic heterocycles. The van der Waals surface area contributed by atoms with Gasteiger partial charge in [0.1, 0.15) is 6.10 Å². The van der Waals surface area contributed by atoms with Crippen molar-refractivity contribution in [1.29, 1.82) is 0 Å². The molecule has 2 heterocycles. The van der Waals surface area contributed by atoms with Crippen molar-refractivity contribution in [3.8, 4) is 0 Å². The van der Waals surface area contributed by atoms with Crippen LogP contribution in [0.25, 0.3) is 0 Å². The summed E-state index contributed by atoms with van der Waals surface area (Å²) >= 11 is 0. The van der Waals surface area contributed by atoms with Gasteiger partial charge in [0.15, 0.2) is 5.96 Å². The molecule has 0 bridgehead atoms. The molecule has 7 nitrogen and oxygen atoms in total. The first-order valence-electron chi connectivity index (χ1n) is 10.3. The Balaban J connectivity index is 1.42. The van der Waals surface area contributed by atoms with Crippen molar-refractivity contribution >= 4 is 11.9 Å². The number of guanidine groups is 1. The van der Waals surface area contributed by atoms with E-state index in [-0.39, 0.29) is 12.0 Å². The van der Waals surface area contributed by atoms with Gasteiger partial charge in [-0.05, 0) is 25.3 Å². The van der Waals surface area contributed by atoms with Gasteiger partial charge < -0.3 is 24.6 Å². The summed E-state index contributed by atoms with van der Waals surface area (Å²) in [6.45, 7) is 8.41. The van der Waals surface area contributed by atoms with Crippen LogP contribution < -0.4 is 5.32 Å². The Kier molecular flexibility index (Phi) is 8.11. The van der Waals surface area contributed by atoms with Crippen LogP contribution in [0.2, 0.25) is 0 Å². The van der Waals surface area contributed by atoms with E-state index in [0.29, 0.717) is 39.5 Å². The first-order chi connectivity index (χ1) is 13.8. The zero-order chi connectivity index (χ0) is 19.6. The Morgan fingerprint density at radius 2 is 1.96 bits per heavy atom. The van der Waals surface area contributed by atoms with Gasteiger partial charge in [0.25, 0.3) is 5.91 Å². The van der Waals surface area contributed by atoms with Crippen LogP contribution in [0.4, 0.5) is 0 Å². The lowest BCUT2D eigenvalue weighted by Gasteiger charge is -2.37.